The largest absolute Gasteiger partial charge is 0.342 e. The van der Waals surface area contributed by atoms with Crippen LogP contribution in [0.2, 0.25) is 0 Å². The maximum absolute atomic E-state index is 12.2. The lowest BCUT2D eigenvalue weighted by atomic mass is 10.1. The maximum atomic E-state index is 12.2. The first kappa shape index (κ1) is 14.6. The Bertz CT molecular complexity index is 494. The number of hydrogen-bond donors (Lipinski definition) is 1. The molecule has 2 amide bonds. The molecule has 1 unspecified atom stereocenters. The summed E-state index contributed by atoms with van der Waals surface area (Å²) in [5, 5.41) is 2.89. The highest BCUT2D eigenvalue weighted by molar-refractivity contribution is 5.97. The maximum Gasteiger partial charge on any atom is 0.229 e. The summed E-state index contributed by atoms with van der Waals surface area (Å²) in [5.41, 5.74) is 1.94. The van der Waals surface area contributed by atoms with Gasteiger partial charge in [-0.1, -0.05) is 31.5 Å². The topological polar surface area (TPSA) is 49.4 Å². The zero-order valence-corrected chi connectivity index (χ0v) is 12.3. The number of amides is 2. The number of aryl methyl sites for hydroxylation is 1. The lowest BCUT2D eigenvalue weighted by molar-refractivity contribution is -0.128. The van der Waals surface area contributed by atoms with E-state index < -0.39 is 0 Å². The van der Waals surface area contributed by atoms with Crippen LogP contribution in [-0.4, -0.2) is 29.8 Å². The predicted octanol–water partition coefficient (Wildman–Crippen LogP) is 2.44. The molecule has 0 aliphatic carbocycles. The molecule has 0 bridgehead atoms. The third-order valence-electron chi connectivity index (χ3n) is 3.49. The van der Waals surface area contributed by atoms with Crippen LogP contribution in [0.1, 0.15) is 25.8 Å². The summed E-state index contributed by atoms with van der Waals surface area (Å²) in [7, 11) is 0. The predicted molar refractivity (Wildman–Crippen MR) is 79.3 cm³/mol. The number of likely N-dealkylation sites (tertiary alicyclic amines) is 1. The highest BCUT2D eigenvalue weighted by Crippen LogP contribution is 2.21. The molecule has 4 heteroatoms. The van der Waals surface area contributed by atoms with Gasteiger partial charge < -0.3 is 10.2 Å². The molecule has 1 heterocycles. The van der Waals surface area contributed by atoms with E-state index in [4.69, 9.17) is 0 Å². The van der Waals surface area contributed by atoms with Crippen molar-refractivity contribution in [2.45, 2.75) is 27.2 Å². The molecule has 1 fully saturated rings. The molecule has 1 atom stereocenters. The number of nitrogens with one attached hydrogen (secondary N) is 1. The average molecular weight is 274 g/mol. The summed E-state index contributed by atoms with van der Waals surface area (Å²) < 4.78 is 0. The van der Waals surface area contributed by atoms with E-state index in [0.717, 1.165) is 17.8 Å². The fraction of sp³-hybridized carbons (Fsp3) is 0.500. The summed E-state index contributed by atoms with van der Waals surface area (Å²) in [6.45, 7) is 7.42. The van der Waals surface area contributed by atoms with Crippen LogP contribution < -0.4 is 5.32 Å². The molecule has 108 valence electrons. The monoisotopic (exact) mass is 274 g/mol. The van der Waals surface area contributed by atoms with Crippen molar-refractivity contribution in [1.29, 1.82) is 0 Å². The van der Waals surface area contributed by atoms with E-state index in [1.54, 1.807) is 4.90 Å². The number of hydrogen-bond acceptors (Lipinski definition) is 2. The molecule has 1 aromatic rings. The van der Waals surface area contributed by atoms with Gasteiger partial charge in [0.05, 0.1) is 5.92 Å². The Morgan fingerprint density at radius 3 is 2.60 bits per heavy atom. The molecule has 1 saturated heterocycles. The van der Waals surface area contributed by atoms with E-state index in [0.29, 0.717) is 18.9 Å². The summed E-state index contributed by atoms with van der Waals surface area (Å²) in [6, 6.07) is 7.69. The Balaban J connectivity index is 1.94. The van der Waals surface area contributed by atoms with Gasteiger partial charge in [-0.25, -0.2) is 0 Å². The lowest BCUT2D eigenvalue weighted by Crippen LogP contribution is -2.31. The van der Waals surface area contributed by atoms with Gasteiger partial charge >= 0.3 is 0 Å². The van der Waals surface area contributed by atoms with Crippen LogP contribution in [0.25, 0.3) is 0 Å². The molecule has 0 saturated carbocycles. The molecule has 20 heavy (non-hydrogen) atoms. The first-order chi connectivity index (χ1) is 9.45. The zero-order valence-electron chi connectivity index (χ0n) is 12.3. The average Bonchev–Trinajstić information content (AvgIpc) is 2.73. The van der Waals surface area contributed by atoms with Crippen molar-refractivity contribution in [2.75, 3.05) is 18.4 Å². The van der Waals surface area contributed by atoms with Gasteiger partial charge in [0.15, 0.2) is 0 Å². The molecule has 1 aliphatic heterocycles. The molecular formula is C16H22N2O2. The van der Waals surface area contributed by atoms with Crippen molar-refractivity contribution in [3.8, 4) is 0 Å². The van der Waals surface area contributed by atoms with Crippen LogP contribution in [0.3, 0.4) is 0 Å². The van der Waals surface area contributed by atoms with Crippen molar-refractivity contribution in [3.63, 3.8) is 0 Å². The van der Waals surface area contributed by atoms with Crippen molar-refractivity contribution >= 4 is 17.5 Å². The van der Waals surface area contributed by atoms with Crippen LogP contribution >= 0.6 is 0 Å². The van der Waals surface area contributed by atoms with Gasteiger partial charge in [0.2, 0.25) is 11.8 Å². The van der Waals surface area contributed by atoms with Crippen molar-refractivity contribution in [3.05, 3.63) is 29.8 Å². The van der Waals surface area contributed by atoms with E-state index >= 15 is 0 Å². The van der Waals surface area contributed by atoms with Crippen LogP contribution in [0.4, 0.5) is 5.69 Å². The Labute approximate surface area is 120 Å². The minimum atomic E-state index is -0.234. The molecule has 1 aromatic carbocycles. The van der Waals surface area contributed by atoms with Gasteiger partial charge in [-0.2, -0.15) is 0 Å². The second-order valence-electron chi connectivity index (χ2n) is 5.95. The fourth-order valence-corrected chi connectivity index (χ4v) is 2.45. The molecule has 1 aliphatic rings. The summed E-state index contributed by atoms with van der Waals surface area (Å²) in [6.07, 6.45) is 0.324. The Kier molecular flexibility index (Phi) is 4.42. The van der Waals surface area contributed by atoms with Crippen molar-refractivity contribution in [2.24, 2.45) is 11.8 Å². The summed E-state index contributed by atoms with van der Waals surface area (Å²) in [4.78, 5) is 25.8. The van der Waals surface area contributed by atoms with E-state index in [1.807, 2.05) is 31.2 Å². The molecular weight excluding hydrogens is 252 g/mol. The molecule has 0 aromatic heterocycles. The van der Waals surface area contributed by atoms with Crippen LogP contribution in [0.15, 0.2) is 24.3 Å². The minimum Gasteiger partial charge on any atom is -0.342 e. The molecule has 1 N–H and O–H groups in total. The number of nitrogens with zero attached hydrogens (tertiary/aromatic N) is 1. The quantitative estimate of drug-likeness (QED) is 0.916. The second kappa shape index (κ2) is 6.07. The third kappa shape index (κ3) is 3.59. The van der Waals surface area contributed by atoms with Gasteiger partial charge in [0.25, 0.3) is 0 Å². The molecule has 2 rings (SSSR count). The SMILES string of the molecule is Cc1ccc(NC(=O)C2CC(=O)N(CC(C)C)C2)cc1. The standard InChI is InChI=1S/C16H22N2O2/c1-11(2)9-18-10-13(8-15(18)19)16(20)17-14-6-4-12(3)5-7-14/h4-7,11,13H,8-10H2,1-3H3,(H,17,20). The van der Waals surface area contributed by atoms with Gasteiger partial charge in [0.1, 0.15) is 0 Å². The Hall–Kier alpha value is -1.84. The third-order valence-corrected chi connectivity index (χ3v) is 3.49. The van der Waals surface area contributed by atoms with Crippen LogP contribution in [0, 0.1) is 18.8 Å². The van der Waals surface area contributed by atoms with E-state index in [-0.39, 0.29) is 17.7 Å². The number of anilines is 1. The van der Waals surface area contributed by atoms with Gasteiger partial charge in [-0.05, 0) is 25.0 Å². The van der Waals surface area contributed by atoms with Gasteiger partial charge in [-0.3, -0.25) is 9.59 Å². The highest BCUT2D eigenvalue weighted by Gasteiger charge is 2.34. The first-order valence-corrected chi connectivity index (χ1v) is 7.11. The smallest absolute Gasteiger partial charge is 0.229 e. The van der Waals surface area contributed by atoms with Gasteiger partial charge in [-0.15, -0.1) is 0 Å². The Morgan fingerprint density at radius 2 is 2.00 bits per heavy atom. The van der Waals surface area contributed by atoms with Crippen molar-refractivity contribution < 1.29 is 9.59 Å². The summed E-state index contributed by atoms with van der Waals surface area (Å²) >= 11 is 0. The summed E-state index contributed by atoms with van der Waals surface area (Å²) in [5.74, 6) is 0.219. The lowest BCUT2D eigenvalue weighted by Gasteiger charge is -2.18. The first-order valence-electron chi connectivity index (χ1n) is 7.11. The highest BCUT2D eigenvalue weighted by atomic mass is 16.2. The Morgan fingerprint density at radius 1 is 1.35 bits per heavy atom. The molecule has 0 radical (unpaired) electrons. The van der Waals surface area contributed by atoms with Gasteiger partial charge in [0, 0.05) is 25.2 Å². The van der Waals surface area contributed by atoms with Crippen molar-refractivity contribution in [1.82, 2.24) is 4.90 Å². The zero-order chi connectivity index (χ0) is 14.7. The molecule has 0 spiro atoms. The van der Waals surface area contributed by atoms with Crippen LogP contribution in [-0.2, 0) is 9.59 Å². The number of carbonyl (C=O) groups excluding carboxylic acids is 2. The fourth-order valence-electron chi connectivity index (χ4n) is 2.45. The van der Waals surface area contributed by atoms with Crippen LogP contribution in [0.5, 0.6) is 0 Å². The van der Waals surface area contributed by atoms with E-state index in [1.165, 1.54) is 0 Å². The number of carbonyl (C=O) groups is 2. The minimum absolute atomic E-state index is 0.0616. The normalized spacial score (nSPS) is 18.7. The number of rotatable bonds is 4. The number of benzene rings is 1. The van der Waals surface area contributed by atoms with E-state index in [2.05, 4.69) is 19.2 Å². The second-order valence-corrected chi connectivity index (χ2v) is 5.95. The van der Waals surface area contributed by atoms with E-state index in [9.17, 15) is 9.59 Å². The molecule has 4 nitrogen and oxygen atoms in total.